The van der Waals surface area contributed by atoms with Crippen LogP contribution in [0.2, 0.25) is 0 Å². The van der Waals surface area contributed by atoms with Crippen molar-refractivity contribution in [1.82, 2.24) is 9.80 Å². The molecule has 0 aromatic rings. The Hall–Kier alpha value is -0.680. The Morgan fingerprint density at radius 2 is 0.565 bits per heavy atom. The smallest absolute Gasteiger partial charge is 0.0110 e. The molecule has 0 aromatic heterocycles. The van der Waals surface area contributed by atoms with E-state index in [0.29, 0.717) is 0 Å². The van der Waals surface area contributed by atoms with Gasteiger partial charge < -0.3 is 21.3 Å². The second kappa shape index (κ2) is 40.5. The third-order valence-electron chi connectivity index (χ3n) is 9.60. The van der Waals surface area contributed by atoms with Gasteiger partial charge in [-0.05, 0) is 77.3 Å². The number of nitrogens with two attached hydrogens (primary N) is 2. The fourth-order valence-electron chi connectivity index (χ4n) is 6.48. The summed E-state index contributed by atoms with van der Waals surface area (Å²) in [5.41, 5.74) is 11.9. The molecule has 0 spiro atoms. The molecule has 0 amide bonds. The second-order valence-corrected chi connectivity index (χ2v) is 14.1. The molecule has 0 radical (unpaired) electrons. The number of hydrogen-bond acceptors (Lipinski definition) is 4. The highest BCUT2D eigenvalue weighted by Gasteiger charge is 2.09. The summed E-state index contributed by atoms with van der Waals surface area (Å²) in [6.07, 6.45) is 48.0. The van der Waals surface area contributed by atoms with Crippen LogP contribution < -0.4 is 11.5 Å². The lowest BCUT2D eigenvalue weighted by Crippen LogP contribution is -2.40. The number of rotatable bonds is 39. The normalized spacial score (nSPS) is 12.2. The molecule has 4 nitrogen and oxygen atoms in total. The van der Waals surface area contributed by atoms with Gasteiger partial charge in [-0.2, -0.15) is 0 Å². The van der Waals surface area contributed by atoms with E-state index in [1.54, 1.807) is 0 Å². The Labute approximate surface area is 291 Å². The molecule has 0 saturated heterocycles. The first-order valence-corrected chi connectivity index (χ1v) is 20.9. The summed E-state index contributed by atoms with van der Waals surface area (Å²) in [6.45, 7) is 12.8. The quantitative estimate of drug-likeness (QED) is 0.0515. The van der Waals surface area contributed by atoms with Crippen molar-refractivity contribution in [2.75, 3.05) is 52.4 Å². The summed E-state index contributed by atoms with van der Waals surface area (Å²) < 4.78 is 0. The molecular formula is C42H86N4. The van der Waals surface area contributed by atoms with Gasteiger partial charge in [0.05, 0.1) is 0 Å². The van der Waals surface area contributed by atoms with Gasteiger partial charge >= 0.3 is 0 Å². The summed E-state index contributed by atoms with van der Waals surface area (Å²) in [4.78, 5) is 5.19. The van der Waals surface area contributed by atoms with Crippen LogP contribution in [0.1, 0.15) is 194 Å². The maximum absolute atomic E-state index is 5.97. The summed E-state index contributed by atoms with van der Waals surface area (Å²) in [5.74, 6) is 0. The minimum absolute atomic E-state index is 0.762. The largest absolute Gasteiger partial charge is 0.329 e. The van der Waals surface area contributed by atoms with Gasteiger partial charge in [0.25, 0.3) is 0 Å². The van der Waals surface area contributed by atoms with Crippen LogP contribution in [0.25, 0.3) is 0 Å². The van der Waals surface area contributed by atoms with Gasteiger partial charge in [0.1, 0.15) is 0 Å². The van der Waals surface area contributed by atoms with Gasteiger partial charge in [-0.1, -0.05) is 154 Å². The van der Waals surface area contributed by atoms with E-state index < -0.39 is 0 Å². The van der Waals surface area contributed by atoms with Crippen LogP contribution >= 0.6 is 0 Å². The molecule has 0 heterocycles. The van der Waals surface area contributed by atoms with E-state index in [1.165, 1.54) is 193 Å². The van der Waals surface area contributed by atoms with E-state index in [0.717, 1.165) is 39.3 Å². The number of allylic oxidation sites excluding steroid dienone is 4. The molecule has 0 atom stereocenters. The first kappa shape index (κ1) is 45.3. The van der Waals surface area contributed by atoms with Gasteiger partial charge in [-0.25, -0.2) is 0 Å². The van der Waals surface area contributed by atoms with E-state index in [9.17, 15) is 0 Å². The molecular weight excluding hydrogens is 560 g/mol. The Bertz CT molecular complexity index is 552. The predicted molar refractivity (Wildman–Crippen MR) is 210 cm³/mol. The highest BCUT2D eigenvalue weighted by Crippen LogP contribution is 2.12. The third kappa shape index (κ3) is 36.2. The molecule has 46 heavy (non-hydrogen) atoms. The van der Waals surface area contributed by atoms with E-state index >= 15 is 0 Å². The summed E-state index contributed by atoms with van der Waals surface area (Å²) in [5, 5.41) is 0. The summed E-state index contributed by atoms with van der Waals surface area (Å²) in [7, 11) is 0. The van der Waals surface area contributed by atoms with Crippen molar-refractivity contribution >= 4 is 0 Å². The van der Waals surface area contributed by atoms with Gasteiger partial charge in [-0.3, -0.25) is 0 Å². The Kier molecular flexibility index (Phi) is 39.9. The number of unbranched alkanes of at least 4 members (excludes halogenated alkanes) is 24. The minimum atomic E-state index is 0.762. The van der Waals surface area contributed by atoms with Crippen LogP contribution in [0, 0.1) is 0 Å². The van der Waals surface area contributed by atoms with Crippen LogP contribution in [0.5, 0.6) is 0 Å². The van der Waals surface area contributed by atoms with Gasteiger partial charge in [0, 0.05) is 39.3 Å². The molecule has 274 valence electrons. The average Bonchev–Trinajstić information content (AvgIpc) is 3.06. The van der Waals surface area contributed by atoms with Crippen molar-refractivity contribution in [2.24, 2.45) is 11.5 Å². The van der Waals surface area contributed by atoms with E-state index in [-0.39, 0.29) is 0 Å². The van der Waals surface area contributed by atoms with Crippen molar-refractivity contribution in [3.63, 3.8) is 0 Å². The SMILES string of the molecule is CCCCCCCC/C=C\CCCCCCCCN(CCN)CCN(CCN)CCCCCCCC/C=C\CCCCCCCC. The van der Waals surface area contributed by atoms with Crippen molar-refractivity contribution in [3.05, 3.63) is 24.3 Å². The van der Waals surface area contributed by atoms with E-state index in [2.05, 4.69) is 48.0 Å². The molecule has 0 aliphatic carbocycles. The Morgan fingerprint density at radius 3 is 0.848 bits per heavy atom. The van der Waals surface area contributed by atoms with Crippen molar-refractivity contribution < 1.29 is 0 Å². The van der Waals surface area contributed by atoms with Gasteiger partial charge in [-0.15, -0.1) is 0 Å². The minimum Gasteiger partial charge on any atom is -0.329 e. The number of nitrogens with zero attached hydrogens (tertiary/aromatic N) is 2. The molecule has 0 rings (SSSR count). The Morgan fingerprint density at radius 1 is 0.304 bits per heavy atom. The van der Waals surface area contributed by atoms with Crippen molar-refractivity contribution in [2.45, 2.75) is 194 Å². The molecule has 0 bridgehead atoms. The third-order valence-corrected chi connectivity index (χ3v) is 9.60. The first-order valence-electron chi connectivity index (χ1n) is 20.9. The molecule has 0 saturated carbocycles. The molecule has 4 heteroatoms. The zero-order valence-corrected chi connectivity index (χ0v) is 31.8. The van der Waals surface area contributed by atoms with Crippen LogP contribution in [-0.4, -0.2) is 62.2 Å². The zero-order chi connectivity index (χ0) is 33.4. The topological polar surface area (TPSA) is 58.5 Å². The van der Waals surface area contributed by atoms with Crippen LogP contribution in [0.3, 0.4) is 0 Å². The maximum Gasteiger partial charge on any atom is 0.0110 e. The lowest BCUT2D eigenvalue weighted by molar-refractivity contribution is 0.203. The standard InChI is InChI=1S/C42H86N4/c1-3-5-7-9-11-13-15-17-19-21-23-25-27-29-31-33-37-45(39-35-43)41-42-46(40-36-44)38-34-32-30-28-26-24-22-20-18-16-14-12-10-8-6-4-2/h17-20H,3-16,21-44H2,1-2H3/b19-17-,20-18-. The molecule has 0 fully saturated rings. The lowest BCUT2D eigenvalue weighted by atomic mass is 10.1. The first-order chi connectivity index (χ1) is 22.8. The summed E-state index contributed by atoms with van der Waals surface area (Å²) in [6, 6.07) is 0. The van der Waals surface area contributed by atoms with Crippen molar-refractivity contribution in [1.29, 1.82) is 0 Å². The number of hydrogen-bond donors (Lipinski definition) is 2. The van der Waals surface area contributed by atoms with Crippen LogP contribution in [0.15, 0.2) is 24.3 Å². The van der Waals surface area contributed by atoms with Gasteiger partial charge in [0.15, 0.2) is 0 Å². The highest BCUT2D eigenvalue weighted by atomic mass is 15.2. The monoisotopic (exact) mass is 647 g/mol. The summed E-state index contributed by atoms with van der Waals surface area (Å²) >= 11 is 0. The average molecular weight is 647 g/mol. The predicted octanol–water partition coefficient (Wildman–Crippen LogP) is 11.6. The second-order valence-electron chi connectivity index (χ2n) is 14.1. The van der Waals surface area contributed by atoms with Crippen LogP contribution in [-0.2, 0) is 0 Å². The van der Waals surface area contributed by atoms with Crippen molar-refractivity contribution in [3.8, 4) is 0 Å². The van der Waals surface area contributed by atoms with E-state index in [4.69, 9.17) is 11.5 Å². The zero-order valence-electron chi connectivity index (χ0n) is 31.8. The van der Waals surface area contributed by atoms with Crippen LogP contribution in [0.4, 0.5) is 0 Å². The lowest BCUT2D eigenvalue weighted by Gasteiger charge is -2.27. The molecule has 0 aliphatic rings. The molecule has 4 N–H and O–H groups in total. The maximum atomic E-state index is 5.97. The molecule has 0 aliphatic heterocycles. The Balaban J connectivity index is 3.75. The highest BCUT2D eigenvalue weighted by molar-refractivity contribution is 4.82. The molecule has 0 unspecified atom stereocenters. The van der Waals surface area contributed by atoms with Gasteiger partial charge in [0.2, 0.25) is 0 Å². The fraction of sp³-hybridized carbons (Fsp3) is 0.905. The fourth-order valence-corrected chi connectivity index (χ4v) is 6.48. The molecule has 0 aromatic carbocycles. The van der Waals surface area contributed by atoms with E-state index in [1.807, 2.05) is 0 Å².